The van der Waals surface area contributed by atoms with Gasteiger partial charge in [0.05, 0.1) is 6.04 Å². The Labute approximate surface area is 100.0 Å². The molecule has 0 aromatic heterocycles. The molecule has 5 nitrogen and oxygen atoms in total. The Kier molecular flexibility index (Phi) is 4.21. The van der Waals surface area contributed by atoms with E-state index < -0.39 is 11.7 Å². The Balaban J connectivity index is 2.45. The van der Waals surface area contributed by atoms with Crippen LogP contribution in [-0.4, -0.2) is 35.4 Å². The van der Waals surface area contributed by atoms with E-state index in [1.807, 2.05) is 27.7 Å². The summed E-state index contributed by atoms with van der Waals surface area (Å²) >= 11 is 1.39. The van der Waals surface area contributed by atoms with Crippen molar-refractivity contribution in [2.45, 2.75) is 44.8 Å². The highest BCUT2D eigenvalue weighted by Gasteiger charge is 2.28. The second-order valence-corrected chi connectivity index (χ2v) is 5.61. The molecule has 1 amide bonds. The van der Waals surface area contributed by atoms with Crippen LogP contribution in [0.15, 0.2) is 4.99 Å². The van der Waals surface area contributed by atoms with Gasteiger partial charge in [-0.1, -0.05) is 11.8 Å². The van der Waals surface area contributed by atoms with Gasteiger partial charge in [0.25, 0.3) is 0 Å². The minimum absolute atomic E-state index is 0.0371. The van der Waals surface area contributed by atoms with Gasteiger partial charge in [0.15, 0.2) is 5.17 Å². The first-order chi connectivity index (χ1) is 7.31. The summed E-state index contributed by atoms with van der Waals surface area (Å²) in [6.07, 6.45) is -0.484. The standard InChI is InChI=1S/C10H18N2O3S/c1-6-7(14-5)16-8(11-6)12-9(13)15-10(2,3)4/h6-7H,1-5H3,(H,11,12,13)/t6-,7-/m1/s1. The molecule has 0 saturated carbocycles. The zero-order chi connectivity index (χ0) is 12.3. The van der Waals surface area contributed by atoms with Crippen molar-refractivity contribution < 1.29 is 14.3 Å². The van der Waals surface area contributed by atoms with E-state index in [1.54, 1.807) is 7.11 Å². The summed E-state index contributed by atoms with van der Waals surface area (Å²) in [4.78, 5) is 15.7. The summed E-state index contributed by atoms with van der Waals surface area (Å²) in [7, 11) is 1.63. The summed E-state index contributed by atoms with van der Waals surface area (Å²) in [5, 5.41) is 3.15. The molecule has 16 heavy (non-hydrogen) atoms. The van der Waals surface area contributed by atoms with E-state index in [2.05, 4.69) is 10.3 Å². The average Bonchev–Trinajstić information content (AvgIpc) is 2.42. The average molecular weight is 246 g/mol. The van der Waals surface area contributed by atoms with Crippen molar-refractivity contribution in [3.8, 4) is 0 Å². The van der Waals surface area contributed by atoms with E-state index in [0.717, 1.165) is 0 Å². The van der Waals surface area contributed by atoms with Crippen LogP contribution in [0, 0.1) is 0 Å². The zero-order valence-electron chi connectivity index (χ0n) is 10.2. The van der Waals surface area contributed by atoms with E-state index >= 15 is 0 Å². The number of amides is 1. The predicted molar refractivity (Wildman–Crippen MR) is 64.7 cm³/mol. The maximum Gasteiger partial charge on any atom is 0.413 e. The van der Waals surface area contributed by atoms with Gasteiger partial charge in [0.1, 0.15) is 11.0 Å². The third-order valence-corrected chi connectivity index (χ3v) is 3.03. The first kappa shape index (κ1) is 13.3. The van der Waals surface area contributed by atoms with Crippen LogP contribution in [0.2, 0.25) is 0 Å². The second-order valence-electron chi connectivity index (χ2n) is 4.52. The minimum Gasteiger partial charge on any atom is -0.444 e. The van der Waals surface area contributed by atoms with Crippen LogP contribution in [0.3, 0.4) is 0 Å². The lowest BCUT2D eigenvalue weighted by Gasteiger charge is -2.19. The lowest BCUT2D eigenvalue weighted by atomic mass is 10.2. The quantitative estimate of drug-likeness (QED) is 0.768. The van der Waals surface area contributed by atoms with Gasteiger partial charge in [0.2, 0.25) is 0 Å². The molecule has 92 valence electrons. The number of nitrogens with zero attached hydrogens (tertiary/aromatic N) is 1. The van der Waals surface area contributed by atoms with Crippen LogP contribution < -0.4 is 5.32 Å². The van der Waals surface area contributed by atoms with Gasteiger partial charge < -0.3 is 9.47 Å². The normalized spacial score (nSPS) is 25.2. The largest absolute Gasteiger partial charge is 0.444 e. The molecule has 0 aromatic rings. The Morgan fingerprint density at radius 2 is 2.12 bits per heavy atom. The van der Waals surface area contributed by atoms with E-state index in [1.165, 1.54) is 11.8 Å². The van der Waals surface area contributed by atoms with Gasteiger partial charge in [-0.05, 0) is 27.7 Å². The van der Waals surface area contributed by atoms with Crippen molar-refractivity contribution in [2.75, 3.05) is 7.11 Å². The number of alkyl carbamates (subject to hydrolysis) is 1. The Bertz CT molecular complexity index is 299. The van der Waals surface area contributed by atoms with Crippen molar-refractivity contribution in [3.63, 3.8) is 0 Å². The minimum atomic E-state index is -0.500. The number of carbonyl (C=O) groups excluding carboxylic acids is 1. The van der Waals surface area contributed by atoms with Crippen molar-refractivity contribution in [1.82, 2.24) is 5.32 Å². The molecule has 1 N–H and O–H groups in total. The summed E-state index contributed by atoms with van der Waals surface area (Å²) in [6, 6.07) is 0.0416. The predicted octanol–water partition coefficient (Wildman–Crippen LogP) is 1.97. The molecule has 1 heterocycles. The second kappa shape index (κ2) is 5.05. The Morgan fingerprint density at radius 1 is 1.50 bits per heavy atom. The third kappa shape index (κ3) is 4.02. The number of hydrogen-bond donors (Lipinski definition) is 1. The van der Waals surface area contributed by atoms with Crippen LogP contribution in [0.1, 0.15) is 27.7 Å². The molecule has 0 aliphatic carbocycles. The van der Waals surface area contributed by atoms with Gasteiger partial charge in [0, 0.05) is 7.11 Å². The lowest BCUT2D eigenvalue weighted by molar-refractivity contribution is 0.0564. The topological polar surface area (TPSA) is 59.9 Å². The number of thioether (sulfide) groups is 1. The van der Waals surface area contributed by atoms with Crippen LogP contribution in [-0.2, 0) is 9.47 Å². The highest BCUT2D eigenvalue weighted by atomic mass is 32.2. The monoisotopic (exact) mass is 246 g/mol. The molecular formula is C10H18N2O3S. The number of carbonyl (C=O) groups is 1. The number of aliphatic imine (C=N–C) groups is 1. The fraction of sp³-hybridized carbons (Fsp3) is 0.800. The Hall–Kier alpha value is -0.750. The summed E-state index contributed by atoms with van der Waals surface area (Å²) in [5.74, 6) is 0. The molecule has 0 saturated heterocycles. The maximum absolute atomic E-state index is 11.4. The molecule has 0 bridgehead atoms. The van der Waals surface area contributed by atoms with Crippen molar-refractivity contribution in [2.24, 2.45) is 4.99 Å². The van der Waals surface area contributed by atoms with Crippen LogP contribution >= 0.6 is 11.8 Å². The van der Waals surface area contributed by atoms with Gasteiger partial charge in [-0.3, -0.25) is 10.3 Å². The van der Waals surface area contributed by atoms with Crippen molar-refractivity contribution >= 4 is 23.0 Å². The molecule has 2 atom stereocenters. The number of hydrogen-bond acceptors (Lipinski definition) is 5. The number of amidine groups is 1. The van der Waals surface area contributed by atoms with Gasteiger partial charge in [-0.25, -0.2) is 4.79 Å². The molecule has 0 spiro atoms. The van der Waals surface area contributed by atoms with Crippen LogP contribution in [0.4, 0.5) is 4.79 Å². The van der Waals surface area contributed by atoms with Crippen molar-refractivity contribution in [3.05, 3.63) is 0 Å². The van der Waals surface area contributed by atoms with Gasteiger partial charge in [-0.15, -0.1) is 0 Å². The molecule has 1 aliphatic rings. The number of nitrogens with one attached hydrogen (secondary N) is 1. The van der Waals surface area contributed by atoms with E-state index in [4.69, 9.17) is 9.47 Å². The Morgan fingerprint density at radius 3 is 2.56 bits per heavy atom. The summed E-state index contributed by atoms with van der Waals surface area (Å²) in [6.45, 7) is 7.38. The summed E-state index contributed by atoms with van der Waals surface area (Å²) < 4.78 is 10.3. The fourth-order valence-electron chi connectivity index (χ4n) is 1.18. The fourth-order valence-corrected chi connectivity index (χ4v) is 2.13. The van der Waals surface area contributed by atoms with E-state index in [9.17, 15) is 4.79 Å². The third-order valence-electron chi connectivity index (χ3n) is 1.78. The molecule has 6 heteroatoms. The molecule has 1 rings (SSSR count). The molecule has 1 aliphatic heterocycles. The molecule has 0 fully saturated rings. The maximum atomic E-state index is 11.4. The smallest absolute Gasteiger partial charge is 0.413 e. The van der Waals surface area contributed by atoms with Crippen LogP contribution in [0.5, 0.6) is 0 Å². The lowest BCUT2D eigenvalue weighted by Crippen LogP contribution is -2.34. The highest BCUT2D eigenvalue weighted by Crippen LogP contribution is 2.26. The number of ether oxygens (including phenoxy) is 2. The highest BCUT2D eigenvalue weighted by molar-refractivity contribution is 8.14. The molecular weight excluding hydrogens is 228 g/mol. The first-order valence-corrected chi connectivity index (χ1v) is 5.97. The van der Waals surface area contributed by atoms with E-state index in [-0.39, 0.29) is 11.5 Å². The number of methoxy groups -OCH3 is 1. The summed E-state index contributed by atoms with van der Waals surface area (Å²) in [5.41, 5.74) is -0.537. The van der Waals surface area contributed by atoms with E-state index in [0.29, 0.717) is 5.17 Å². The molecule has 0 unspecified atom stereocenters. The molecule has 0 radical (unpaired) electrons. The first-order valence-electron chi connectivity index (χ1n) is 5.09. The van der Waals surface area contributed by atoms with Crippen molar-refractivity contribution in [1.29, 1.82) is 0 Å². The van der Waals surface area contributed by atoms with Gasteiger partial charge >= 0.3 is 6.09 Å². The SMILES string of the molecule is CO[C@@H]1SC(NC(=O)OC(C)(C)C)=N[C@@H]1C. The van der Waals surface area contributed by atoms with Crippen LogP contribution in [0.25, 0.3) is 0 Å². The van der Waals surface area contributed by atoms with Gasteiger partial charge in [-0.2, -0.15) is 0 Å². The molecule has 0 aromatic carbocycles. The number of rotatable bonds is 1. The zero-order valence-corrected chi connectivity index (χ0v) is 11.1.